The Kier molecular flexibility index (Phi) is 1.74. The molecule has 0 fully saturated rings. The maximum absolute atomic E-state index is 11.7. The zero-order valence-electron chi connectivity index (χ0n) is 7.48. The van der Waals surface area contributed by atoms with Crippen LogP contribution in [0.4, 0.5) is 0 Å². The summed E-state index contributed by atoms with van der Waals surface area (Å²) in [6.45, 7) is 0. The molecule has 5 heteroatoms. The molecule has 4 nitrogen and oxygen atoms in total. The van der Waals surface area contributed by atoms with Crippen molar-refractivity contribution in [2.24, 2.45) is 14.1 Å². The molecule has 0 N–H and O–H groups in total. The highest BCUT2D eigenvalue weighted by Gasteiger charge is 2.08. The average molecular weight is 195 g/mol. The van der Waals surface area contributed by atoms with Gasteiger partial charge in [-0.05, 0) is 0 Å². The second-order valence-electron chi connectivity index (χ2n) is 3.05. The molecule has 0 aliphatic carbocycles. The van der Waals surface area contributed by atoms with Crippen LogP contribution in [-0.2, 0) is 14.1 Å². The molecule has 0 saturated heterocycles. The highest BCUT2D eigenvalue weighted by atomic mass is 31.0. The standard InChI is InChI=1S/C8H10N3OP/c1-10-3-5(13)6-7(10)9-4-11(2)8(6)12/h3-4H,13H2,1-2H3. The maximum atomic E-state index is 11.7. The van der Waals surface area contributed by atoms with Crippen LogP contribution in [0.3, 0.4) is 0 Å². The predicted octanol–water partition coefficient (Wildman–Crippen LogP) is -0.228. The molecule has 1 atom stereocenters. The van der Waals surface area contributed by atoms with E-state index in [1.54, 1.807) is 7.05 Å². The van der Waals surface area contributed by atoms with Gasteiger partial charge in [0, 0.05) is 25.6 Å². The van der Waals surface area contributed by atoms with Gasteiger partial charge < -0.3 is 9.13 Å². The highest BCUT2D eigenvalue weighted by molar-refractivity contribution is 7.28. The first-order valence-corrected chi connectivity index (χ1v) is 4.45. The molecule has 0 bridgehead atoms. The van der Waals surface area contributed by atoms with Gasteiger partial charge in [0.2, 0.25) is 0 Å². The molecule has 0 spiro atoms. The summed E-state index contributed by atoms with van der Waals surface area (Å²) in [5, 5.41) is 1.57. The molecule has 0 amide bonds. The van der Waals surface area contributed by atoms with Crippen molar-refractivity contribution in [1.82, 2.24) is 14.1 Å². The van der Waals surface area contributed by atoms with Crippen molar-refractivity contribution >= 4 is 25.6 Å². The molecule has 0 saturated carbocycles. The van der Waals surface area contributed by atoms with E-state index in [1.165, 1.54) is 10.9 Å². The van der Waals surface area contributed by atoms with Crippen molar-refractivity contribution in [3.8, 4) is 0 Å². The summed E-state index contributed by atoms with van der Waals surface area (Å²) in [5.74, 6) is 0. The van der Waals surface area contributed by atoms with Crippen LogP contribution in [-0.4, -0.2) is 14.1 Å². The van der Waals surface area contributed by atoms with Crippen molar-refractivity contribution in [3.05, 3.63) is 22.9 Å². The second kappa shape index (κ2) is 2.67. The number of rotatable bonds is 0. The zero-order chi connectivity index (χ0) is 9.59. The number of hydrogen-bond donors (Lipinski definition) is 0. The Bertz CT molecular complexity index is 526. The number of aromatic nitrogens is 3. The van der Waals surface area contributed by atoms with Crippen LogP contribution < -0.4 is 10.9 Å². The fourth-order valence-corrected chi connectivity index (χ4v) is 1.86. The first kappa shape index (κ1) is 8.45. The van der Waals surface area contributed by atoms with Gasteiger partial charge in [-0.3, -0.25) is 4.79 Å². The van der Waals surface area contributed by atoms with Crippen LogP contribution in [0.15, 0.2) is 17.3 Å². The minimum absolute atomic E-state index is 0.00407. The molecule has 1 unspecified atom stereocenters. The summed E-state index contributed by atoms with van der Waals surface area (Å²) in [5.41, 5.74) is 0.726. The van der Waals surface area contributed by atoms with E-state index in [4.69, 9.17) is 0 Å². The Morgan fingerprint density at radius 2 is 2.08 bits per heavy atom. The van der Waals surface area contributed by atoms with E-state index in [0.717, 1.165) is 11.0 Å². The number of fused-ring (bicyclic) bond motifs is 1. The number of nitrogens with zero attached hydrogens (tertiary/aromatic N) is 3. The summed E-state index contributed by atoms with van der Waals surface area (Å²) in [6, 6.07) is 0. The average Bonchev–Trinajstić information content (AvgIpc) is 2.35. The van der Waals surface area contributed by atoms with Gasteiger partial charge in [-0.15, -0.1) is 9.24 Å². The summed E-state index contributed by atoms with van der Waals surface area (Å²) in [4.78, 5) is 15.8. The van der Waals surface area contributed by atoms with E-state index >= 15 is 0 Å². The fourth-order valence-electron chi connectivity index (χ4n) is 1.38. The van der Waals surface area contributed by atoms with E-state index in [1.807, 2.05) is 17.8 Å². The van der Waals surface area contributed by atoms with E-state index < -0.39 is 0 Å². The maximum Gasteiger partial charge on any atom is 0.263 e. The third-order valence-corrected chi connectivity index (χ3v) is 2.50. The Balaban J connectivity index is 3.08. The van der Waals surface area contributed by atoms with Crippen LogP contribution >= 0.6 is 9.24 Å². The first-order chi connectivity index (χ1) is 6.11. The third kappa shape index (κ3) is 1.10. The van der Waals surface area contributed by atoms with Gasteiger partial charge in [0.25, 0.3) is 5.56 Å². The lowest BCUT2D eigenvalue weighted by molar-refractivity contribution is 0.832. The molecule has 2 heterocycles. The minimum Gasteiger partial charge on any atom is -0.335 e. The van der Waals surface area contributed by atoms with Crippen LogP contribution in [0.25, 0.3) is 11.0 Å². The van der Waals surface area contributed by atoms with Crippen molar-refractivity contribution in [2.75, 3.05) is 0 Å². The van der Waals surface area contributed by atoms with Gasteiger partial charge in [0.1, 0.15) is 5.65 Å². The monoisotopic (exact) mass is 195 g/mol. The normalized spacial score (nSPS) is 11.0. The van der Waals surface area contributed by atoms with Crippen molar-refractivity contribution in [1.29, 1.82) is 0 Å². The first-order valence-electron chi connectivity index (χ1n) is 3.87. The zero-order valence-corrected chi connectivity index (χ0v) is 8.64. The number of aryl methyl sites for hydroxylation is 2. The van der Waals surface area contributed by atoms with Crippen LogP contribution in [0, 0.1) is 0 Å². The molecule has 0 aliphatic heterocycles. The van der Waals surface area contributed by atoms with Crippen molar-refractivity contribution < 1.29 is 0 Å². The Morgan fingerprint density at radius 3 is 2.77 bits per heavy atom. The van der Waals surface area contributed by atoms with Gasteiger partial charge in [0.05, 0.1) is 11.7 Å². The molecule has 2 rings (SSSR count). The van der Waals surface area contributed by atoms with Crippen LogP contribution in [0.1, 0.15) is 0 Å². The summed E-state index contributed by atoms with van der Waals surface area (Å²) < 4.78 is 3.33. The fraction of sp³-hybridized carbons (Fsp3) is 0.250. The molecule has 68 valence electrons. The lowest BCUT2D eigenvalue weighted by Crippen LogP contribution is -2.19. The summed E-state index contributed by atoms with van der Waals surface area (Å²) >= 11 is 0. The molecule has 0 radical (unpaired) electrons. The minimum atomic E-state index is -0.00407. The van der Waals surface area contributed by atoms with Crippen LogP contribution in [0.2, 0.25) is 0 Å². The molecule has 13 heavy (non-hydrogen) atoms. The summed E-state index contributed by atoms with van der Waals surface area (Å²) in [6.07, 6.45) is 3.42. The Labute approximate surface area is 77.4 Å². The molecule has 2 aromatic heterocycles. The van der Waals surface area contributed by atoms with Gasteiger partial charge in [-0.1, -0.05) is 0 Å². The Hall–Kier alpha value is -1.15. The molecular weight excluding hydrogens is 185 g/mol. The van der Waals surface area contributed by atoms with Gasteiger partial charge in [0.15, 0.2) is 0 Å². The molecule has 2 aromatic rings. The Morgan fingerprint density at radius 1 is 1.38 bits per heavy atom. The van der Waals surface area contributed by atoms with E-state index in [0.29, 0.717) is 5.39 Å². The topological polar surface area (TPSA) is 39.8 Å². The SMILES string of the molecule is Cn1cnc2c(c(P)cn2C)c1=O. The molecule has 0 aromatic carbocycles. The van der Waals surface area contributed by atoms with E-state index in [-0.39, 0.29) is 5.56 Å². The van der Waals surface area contributed by atoms with E-state index in [2.05, 4.69) is 14.2 Å². The third-order valence-electron chi connectivity index (χ3n) is 2.07. The van der Waals surface area contributed by atoms with Gasteiger partial charge >= 0.3 is 0 Å². The molecular formula is C8H10N3OP. The number of hydrogen-bond acceptors (Lipinski definition) is 2. The largest absolute Gasteiger partial charge is 0.335 e. The van der Waals surface area contributed by atoms with E-state index in [9.17, 15) is 4.79 Å². The van der Waals surface area contributed by atoms with Crippen molar-refractivity contribution in [3.63, 3.8) is 0 Å². The quantitative estimate of drug-likeness (QED) is 0.545. The van der Waals surface area contributed by atoms with Crippen molar-refractivity contribution in [2.45, 2.75) is 0 Å². The van der Waals surface area contributed by atoms with Gasteiger partial charge in [-0.2, -0.15) is 0 Å². The van der Waals surface area contributed by atoms with Crippen LogP contribution in [0.5, 0.6) is 0 Å². The predicted molar refractivity (Wildman–Crippen MR) is 55.3 cm³/mol. The lowest BCUT2D eigenvalue weighted by atomic mass is 10.4. The van der Waals surface area contributed by atoms with Gasteiger partial charge in [-0.25, -0.2) is 4.98 Å². The lowest BCUT2D eigenvalue weighted by Gasteiger charge is -1.97. The second-order valence-corrected chi connectivity index (χ2v) is 3.68. The smallest absolute Gasteiger partial charge is 0.263 e. The molecule has 0 aliphatic rings. The highest BCUT2D eigenvalue weighted by Crippen LogP contribution is 2.06. The summed E-state index contributed by atoms with van der Waals surface area (Å²) in [7, 11) is 6.12.